The Morgan fingerprint density at radius 1 is 1.08 bits per heavy atom. The molecular weight excluding hydrogens is 521 g/mol. The van der Waals surface area contributed by atoms with Gasteiger partial charge in [0.05, 0.1) is 18.6 Å². The fraction of sp³-hybridized carbons (Fsp3) is 0.552. The molecule has 0 radical (unpaired) electrons. The number of carbonyl (C=O) groups is 1. The molecule has 0 aliphatic heterocycles. The van der Waals surface area contributed by atoms with Crippen molar-refractivity contribution in [3.63, 3.8) is 0 Å². The Balaban J connectivity index is 1.43. The molecule has 2 aromatic rings. The van der Waals surface area contributed by atoms with Crippen LogP contribution in [0.1, 0.15) is 48.4 Å². The summed E-state index contributed by atoms with van der Waals surface area (Å²) in [6, 6.07) is 10.4. The number of hydrogen-bond donors (Lipinski definition) is 1. The summed E-state index contributed by atoms with van der Waals surface area (Å²) in [5.74, 6) is 0.551. The molecule has 216 valence electrons. The van der Waals surface area contributed by atoms with Crippen LogP contribution in [-0.2, 0) is 19.6 Å². The Kier molecular flexibility index (Phi) is 10.9. The Morgan fingerprint density at radius 3 is 2.28 bits per heavy atom. The second-order valence-electron chi connectivity index (χ2n) is 10.6. The molecule has 1 fully saturated rings. The summed E-state index contributed by atoms with van der Waals surface area (Å²) in [6.45, 7) is 3.58. The van der Waals surface area contributed by atoms with E-state index in [1.165, 1.54) is 17.4 Å². The van der Waals surface area contributed by atoms with Gasteiger partial charge in [-0.05, 0) is 100 Å². The van der Waals surface area contributed by atoms with Gasteiger partial charge in [-0.15, -0.1) is 0 Å². The number of benzene rings is 2. The molecule has 1 saturated carbocycles. The number of aryl methyl sites for hydroxylation is 2. The third-order valence-electron chi connectivity index (χ3n) is 7.45. The summed E-state index contributed by atoms with van der Waals surface area (Å²) in [5.41, 5.74) is 2.20. The van der Waals surface area contributed by atoms with Crippen molar-refractivity contribution in [2.45, 2.75) is 56.5 Å². The second-order valence-corrected chi connectivity index (χ2v) is 12.6. The highest BCUT2D eigenvalue weighted by atomic mass is 32.2. The first kappa shape index (κ1) is 31.0. The predicted molar refractivity (Wildman–Crippen MR) is 150 cm³/mol. The maximum Gasteiger partial charge on any atom is 0.246 e. The van der Waals surface area contributed by atoms with Crippen LogP contribution in [0, 0.1) is 25.6 Å². The molecule has 1 unspecified atom stereocenters. The number of nitrogens with zero attached hydrogens (tertiary/aromatic N) is 2. The summed E-state index contributed by atoms with van der Waals surface area (Å²) in [7, 11) is 3.37. The van der Waals surface area contributed by atoms with E-state index < -0.39 is 10.0 Å². The molecule has 8 nitrogen and oxygen atoms in total. The molecule has 1 atom stereocenters. The summed E-state index contributed by atoms with van der Waals surface area (Å²) in [6.07, 6.45) is 3.55. The third-order valence-corrected chi connectivity index (χ3v) is 9.61. The van der Waals surface area contributed by atoms with E-state index in [0.29, 0.717) is 22.8 Å². The van der Waals surface area contributed by atoms with Crippen molar-refractivity contribution in [3.8, 4) is 5.75 Å². The van der Waals surface area contributed by atoms with Crippen molar-refractivity contribution in [2.75, 3.05) is 48.0 Å². The molecule has 0 spiro atoms. The largest absolute Gasteiger partial charge is 0.497 e. The molecule has 0 saturated heterocycles. The van der Waals surface area contributed by atoms with Crippen LogP contribution < -0.4 is 10.1 Å². The van der Waals surface area contributed by atoms with Gasteiger partial charge in [0.15, 0.2) is 0 Å². The molecule has 1 aliphatic carbocycles. The van der Waals surface area contributed by atoms with Gasteiger partial charge >= 0.3 is 0 Å². The van der Waals surface area contributed by atoms with Crippen LogP contribution >= 0.6 is 0 Å². The molecule has 3 rings (SSSR count). The lowest BCUT2D eigenvalue weighted by molar-refractivity contribution is -0.126. The number of likely N-dealkylation sites (N-methyl/N-ethyl adjacent to an activating group) is 1. The van der Waals surface area contributed by atoms with Gasteiger partial charge in [0.1, 0.15) is 18.2 Å². The van der Waals surface area contributed by atoms with E-state index in [-0.39, 0.29) is 48.5 Å². The highest BCUT2D eigenvalue weighted by Gasteiger charge is 2.31. The fourth-order valence-corrected chi connectivity index (χ4v) is 7.16. The van der Waals surface area contributed by atoms with Gasteiger partial charge < -0.3 is 19.7 Å². The smallest absolute Gasteiger partial charge is 0.246 e. The van der Waals surface area contributed by atoms with E-state index in [1.54, 1.807) is 45.2 Å². The van der Waals surface area contributed by atoms with Gasteiger partial charge in [-0.1, -0.05) is 12.1 Å². The van der Waals surface area contributed by atoms with Crippen molar-refractivity contribution in [1.82, 2.24) is 14.5 Å². The number of sulfonamides is 1. The number of ether oxygens (including phenoxy) is 2. The fourth-order valence-electron chi connectivity index (χ4n) is 5.60. The molecule has 0 bridgehead atoms. The van der Waals surface area contributed by atoms with Gasteiger partial charge in [0.2, 0.25) is 15.9 Å². The van der Waals surface area contributed by atoms with Crippen LogP contribution in [-0.4, -0.2) is 77.6 Å². The molecular formula is C29H42FN3O5S. The van der Waals surface area contributed by atoms with Crippen molar-refractivity contribution >= 4 is 15.9 Å². The predicted octanol–water partition coefficient (Wildman–Crippen LogP) is 4.07. The van der Waals surface area contributed by atoms with Crippen LogP contribution in [0.2, 0.25) is 0 Å². The first-order valence-corrected chi connectivity index (χ1v) is 14.8. The maximum atomic E-state index is 13.8. The standard InChI is InChI=1S/C29H42FN3O5S/c1-20-16-26(37-6)17-21(2)29(20)39(35,36)33(5)14-15-38-19-27(34)31-25-12-10-22(11-13-25)28(32(3)4)23-8-7-9-24(30)18-23/h7-9,16-18,22,25,28H,10-15,19H2,1-6H3,(H,31,34). The van der Waals surface area contributed by atoms with Crippen LogP contribution in [0.5, 0.6) is 5.75 Å². The second kappa shape index (κ2) is 13.7. The minimum Gasteiger partial charge on any atom is -0.497 e. The molecule has 10 heteroatoms. The van der Waals surface area contributed by atoms with Gasteiger partial charge in [-0.25, -0.2) is 12.8 Å². The third kappa shape index (κ3) is 8.00. The molecule has 0 aromatic heterocycles. The minimum atomic E-state index is -3.72. The lowest BCUT2D eigenvalue weighted by Gasteiger charge is -2.37. The Hall–Kier alpha value is -2.53. The first-order chi connectivity index (χ1) is 18.4. The van der Waals surface area contributed by atoms with E-state index in [1.807, 2.05) is 20.2 Å². The molecule has 39 heavy (non-hydrogen) atoms. The molecule has 1 N–H and O–H groups in total. The molecule has 2 aromatic carbocycles. The zero-order chi connectivity index (χ0) is 28.7. The van der Waals surface area contributed by atoms with E-state index in [0.717, 1.165) is 31.2 Å². The minimum absolute atomic E-state index is 0.0664. The summed E-state index contributed by atoms with van der Waals surface area (Å²) < 4.78 is 52.0. The first-order valence-electron chi connectivity index (χ1n) is 13.3. The van der Waals surface area contributed by atoms with Crippen LogP contribution in [0.3, 0.4) is 0 Å². The lowest BCUT2D eigenvalue weighted by Crippen LogP contribution is -2.41. The van der Waals surface area contributed by atoms with Gasteiger partial charge in [0.25, 0.3) is 0 Å². The molecule has 0 heterocycles. The van der Waals surface area contributed by atoms with Gasteiger partial charge in [0, 0.05) is 25.7 Å². The maximum absolute atomic E-state index is 13.8. The molecule has 1 amide bonds. The Labute approximate surface area is 232 Å². The zero-order valence-corrected chi connectivity index (χ0v) is 24.7. The summed E-state index contributed by atoms with van der Waals surface area (Å²) in [5, 5.41) is 3.05. The van der Waals surface area contributed by atoms with Crippen molar-refractivity contribution in [3.05, 3.63) is 58.9 Å². The van der Waals surface area contributed by atoms with E-state index in [9.17, 15) is 17.6 Å². The Bertz CT molecular complexity index is 1210. The Morgan fingerprint density at radius 2 is 1.72 bits per heavy atom. The van der Waals surface area contributed by atoms with E-state index >= 15 is 0 Å². The summed E-state index contributed by atoms with van der Waals surface area (Å²) >= 11 is 0. The number of nitrogens with one attached hydrogen (secondary N) is 1. The summed E-state index contributed by atoms with van der Waals surface area (Å²) in [4.78, 5) is 14.9. The number of amides is 1. The van der Waals surface area contributed by atoms with E-state index in [4.69, 9.17) is 9.47 Å². The highest BCUT2D eigenvalue weighted by Crippen LogP contribution is 2.37. The van der Waals surface area contributed by atoms with Crippen molar-refractivity contribution in [2.24, 2.45) is 5.92 Å². The monoisotopic (exact) mass is 563 g/mol. The number of hydrogen-bond acceptors (Lipinski definition) is 6. The van der Waals surface area contributed by atoms with Gasteiger partial charge in [-0.3, -0.25) is 4.79 Å². The quantitative estimate of drug-likeness (QED) is 0.392. The average molecular weight is 564 g/mol. The zero-order valence-electron chi connectivity index (χ0n) is 23.9. The van der Waals surface area contributed by atoms with E-state index in [2.05, 4.69) is 10.2 Å². The van der Waals surface area contributed by atoms with Gasteiger partial charge in [-0.2, -0.15) is 4.31 Å². The topological polar surface area (TPSA) is 88.2 Å². The lowest BCUT2D eigenvalue weighted by atomic mass is 9.78. The average Bonchev–Trinajstić information content (AvgIpc) is 2.86. The number of halogens is 1. The van der Waals surface area contributed by atoms with Crippen LogP contribution in [0.25, 0.3) is 0 Å². The van der Waals surface area contributed by atoms with Crippen molar-refractivity contribution in [1.29, 1.82) is 0 Å². The highest BCUT2D eigenvalue weighted by molar-refractivity contribution is 7.89. The number of carbonyl (C=O) groups excluding carboxylic acids is 1. The molecule has 1 aliphatic rings. The number of methoxy groups -OCH3 is 1. The van der Waals surface area contributed by atoms with Crippen LogP contribution in [0.4, 0.5) is 4.39 Å². The SMILES string of the molecule is COc1cc(C)c(S(=O)(=O)N(C)CCOCC(=O)NC2CCC(C(c3cccc(F)c3)N(C)C)CC2)c(C)c1. The normalized spacial score (nSPS) is 18.8. The van der Waals surface area contributed by atoms with Crippen molar-refractivity contribution < 1.29 is 27.1 Å². The number of rotatable bonds is 12. The van der Waals surface area contributed by atoms with Crippen LogP contribution in [0.15, 0.2) is 41.3 Å².